The van der Waals surface area contributed by atoms with Crippen molar-refractivity contribution < 1.29 is 14.1 Å². The van der Waals surface area contributed by atoms with E-state index >= 15 is 0 Å². The van der Waals surface area contributed by atoms with Gasteiger partial charge in [-0.15, -0.1) is 0 Å². The molecule has 0 spiro atoms. The van der Waals surface area contributed by atoms with Crippen LogP contribution in [0.5, 0.6) is 0 Å². The van der Waals surface area contributed by atoms with Crippen molar-refractivity contribution in [3.8, 4) is 0 Å². The van der Waals surface area contributed by atoms with Gasteiger partial charge >= 0.3 is 12.9 Å². The van der Waals surface area contributed by atoms with Gasteiger partial charge in [-0.05, 0) is 6.92 Å². The minimum atomic E-state index is -0.973. The summed E-state index contributed by atoms with van der Waals surface area (Å²) in [6.45, 7) is 1.19. The first kappa shape index (κ1) is 12.5. The molecule has 0 aromatic rings. The molecule has 6 heteroatoms. The maximum absolute atomic E-state index is 10.7. The molecule has 0 bridgehead atoms. The van der Waals surface area contributed by atoms with Crippen LogP contribution in [0.1, 0.15) is 6.92 Å². The molecule has 0 aliphatic carbocycles. The molecule has 0 heterocycles. The Hall–Kier alpha value is -0.510. The summed E-state index contributed by atoms with van der Waals surface area (Å²) >= 11 is 4.97. The number of carbonyl (C=O) groups is 1. The van der Waals surface area contributed by atoms with Crippen molar-refractivity contribution >= 4 is 24.7 Å². The summed E-state index contributed by atoms with van der Waals surface area (Å²) < 4.78 is 9.64. The summed E-state index contributed by atoms with van der Waals surface area (Å²) in [5.41, 5.74) is 5.29. The predicted molar refractivity (Wildman–Crippen MR) is 55.1 cm³/mol. The molecule has 1 atom stereocenters. The average Bonchev–Trinajstić information content (AvgIpc) is 2.04. The molecule has 0 rings (SSSR count). The molecule has 0 aliphatic heterocycles. The first-order valence-electron chi connectivity index (χ1n) is 3.69. The van der Waals surface area contributed by atoms with Gasteiger partial charge in [0.2, 0.25) is 11.8 Å². The van der Waals surface area contributed by atoms with Crippen molar-refractivity contribution in [2.45, 2.75) is 6.92 Å². The maximum atomic E-state index is 10.7. The molecule has 13 heavy (non-hydrogen) atoms. The van der Waals surface area contributed by atoms with Crippen LogP contribution in [-0.2, 0) is 25.9 Å². The number of methoxy groups -OCH3 is 1. The molecule has 74 valence electrons. The van der Waals surface area contributed by atoms with E-state index in [-0.39, 0.29) is 0 Å². The number of carbonyl (C=O) groups excluding carboxylic acids is 1. The molecule has 0 saturated heterocycles. The van der Waals surface area contributed by atoms with E-state index in [1.54, 1.807) is 6.92 Å². The number of allylic oxidation sites excluding steroid dienone is 1. The molecule has 0 aromatic carbocycles. The molecule has 0 amide bonds. The highest BCUT2D eigenvalue weighted by molar-refractivity contribution is 8.03. The van der Waals surface area contributed by atoms with Crippen molar-refractivity contribution in [3.63, 3.8) is 0 Å². The number of nitrogens with two attached hydrogens (primary N) is 1. The van der Waals surface area contributed by atoms with Crippen LogP contribution in [0.4, 0.5) is 0 Å². The lowest BCUT2D eigenvalue weighted by atomic mass is 10.5. The standard InChI is InChI=1S/C7H13NO3PS/c1-6(5-7(9)10-2)11-12(13)4-3-8/h5H,3-4,8H2,1-2H3/q+1. The molecular weight excluding hydrogens is 209 g/mol. The van der Waals surface area contributed by atoms with Crippen LogP contribution in [0, 0.1) is 0 Å². The largest absolute Gasteiger partial charge is 0.466 e. The van der Waals surface area contributed by atoms with Crippen LogP contribution < -0.4 is 5.73 Å². The Morgan fingerprint density at radius 1 is 1.69 bits per heavy atom. The lowest BCUT2D eigenvalue weighted by Crippen LogP contribution is -2.02. The first-order valence-corrected chi connectivity index (χ1v) is 6.15. The van der Waals surface area contributed by atoms with Crippen LogP contribution in [0.25, 0.3) is 0 Å². The maximum Gasteiger partial charge on any atom is 0.388 e. The van der Waals surface area contributed by atoms with Gasteiger partial charge in [0, 0.05) is 6.54 Å². The SMILES string of the molecule is COC(=O)C=C(C)O[P+](=S)CCN. The third-order valence-corrected chi connectivity index (χ3v) is 2.97. The summed E-state index contributed by atoms with van der Waals surface area (Å²) in [6, 6.07) is 0. The van der Waals surface area contributed by atoms with Gasteiger partial charge in [0.15, 0.2) is 11.9 Å². The molecule has 1 unspecified atom stereocenters. The van der Waals surface area contributed by atoms with E-state index in [1.807, 2.05) is 0 Å². The van der Waals surface area contributed by atoms with E-state index in [2.05, 4.69) is 4.74 Å². The van der Waals surface area contributed by atoms with Crippen LogP contribution in [0.15, 0.2) is 11.8 Å². The highest BCUT2D eigenvalue weighted by Crippen LogP contribution is 2.25. The van der Waals surface area contributed by atoms with Crippen molar-refractivity contribution in [1.29, 1.82) is 0 Å². The molecule has 0 aliphatic rings. The molecule has 0 fully saturated rings. The zero-order chi connectivity index (χ0) is 10.3. The second-order valence-corrected chi connectivity index (χ2v) is 4.73. The van der Waals surface area contributed by atoms with Gasteiger partial charge < -0.3 is 10.5 Å². The summed E-state index contributed by atoms with van der Waals surface area (Å²) in [5, 5.41) is 0. The molecular formula is C7H13NO3PS+. The smallest absolute Gasteiger partial charge is 0.388 e. The Balaban J connectivity index is 3.98. The Bertz CT molecular complexity index is 230. The number of rotatable bonds is 5. The number of hydrogen-bond acceptors (Lipinski definition) is 5. The topological polar surface area (TPSA) is 61.5 Å². The highest BCUT2D eigenvalue weighted by Gasteiger charge is 2.11. The van der Waals surface area contributed by atoms with E-state index in [4.69, 9.17) is 22.1 Å². The molecule has 0 saturated carbocycles. The Morgan fingerprint density at radius 3 is 2.77 bits per heavy atom. The van der Waals surface area contributed by atoms with Gasteiger partial charge in [-0.2, -0.15) is 0 Å². The quantitative estimate of drug-likeness (QED) is 0.324. The van der Waals surface area contributed by atoms with Crippen molar-refractivity contribution in [2.75, 3.05) is 19.8 Å². The van der Waals surface area contributed by atoms with Crippen LogP contribution >= 0.6 is 6.92 Å². The molecule has 2 N–H and O–H groups in total. The zero-order valence-corrected chi connectivity index (χ0v) is 9.36. The van der Waals surface area contributed by atoms with Gasteiger partial charge in [0.05, 0.1) is 13.2 Å². The van der Waals surface area contributed by atoms with Gasteiger partial charge in [-0.3, -0.25) is 4.52 Å². The second kappa shape index (κ2) is 6.95. The summed E-state index contributed by atoms with van der Waals surface area (Å²) in [6.07, 6.45) is 1.91. The van der Waals surface area contributed by atoms with Crippen LogP contribution in [0.3, 0.4) is 0 Å². The summed E-state index contributed by atoms with van der Waals surface area (Å²) in [5.74, 6) is 0.0325. The van der Waals surface area contributed by atoms with E-state index in [1.165, 1.54) is 13.2 Å². The van der Waals surface area contributed by atoms with E-state index in [0.29, 0.717) is 18.5 Å². The van der Waals surface area contributed by atoms with Gasteiger partial charge in [0.1, 0.15) is 0 Å². The second-order valence-electron chi connectivity index (χ2n) is 2.21. The minimum absolute atomic E-state index is 0.441. The highest BCUT2D eigenvalue weighted by atomic mass is 32.4. The number of ether oxygens (including phenoxy) is 1. The van der Waals surface area contributed by atoms with E-state index in [0.717, 1.165) is 0 Å². The lowest BCUT2D eigenvalue weighted by molar-refractivity contribution is -0.135. The lowest BCUT2D eigenvalue weighted by Gasteiger charge is -1.94. The normalized spacial score (nSPS) is 12.2. The fourth-order valence-electron chi connectivity index (χ4n) is 0.563. The average molecular weight is 222 g/mol. The molecule has 0 aromatic heterocycles. The third kappa shape index (κ3) is 6.63. The molecule has 0 radical (unpaired) electrons. The third-order valence-electron chi connectivity index (χ3n) is 1.08. The number of hydrogen-bond donors (Lipinski definition) is 1. The van der Waals surface area contributed by atoms with Gasteiger partial charge in [-0.1, -0.05) is 0 Å². The van der Waals surface area contributed by atoms with Crippen LogP contribution in [-0.4, -0.2) is 25.8 Å². The Labute approximate surface area is 83.6 Å². The molecule has 4 nitrogen and oxygen atoms in total. The van der Waals surface area contributed by atoms with E-state index in [9.17, 15) is 4.79 Å². The Morgan fingerprint density at radius 2 is 2.31 bits per heavy atom. The zero-order valence-electron chi connectivity index (χ0n) is 7.65. The predicted octanol–water partition coefficient (Wildman–Crippen LogP) is 0.897. The van der Waals surface area contributed by atoms with Crippen LogP contribution in [0.2, 0.25) is 0 Å². The van der Waals surface area contributed by atoms with Crippen molar-refractivity contribution in [2.24, 2.45) is 5.73 Å². The van der Waals surface area contributed by atoms with Gasteiger partial charge in [-0.25, -0.2) is 4.79 Å². The van der Waals surface area contributed by atoms with Crippen molar-refractivity contribution in [1.82, 2.24) is 0 Å². The fourth-order valence-corrected chi connectivity index (χ4v) is 1.91. The number of esters is 1. The minimum Gasteiger partial charge on any atom is -0.466 e. The summed E-state index contributed by atoms with van der Waals surface area (Å²) in [7, 11) is 1.31. The first-order chi connectivity index (χ1) is 6.10. The van der Waals surface area contributed by atoms with Gasteiger partial charge in [0.25, 0.3) is 0 Å². The monoisotopic (exact) mass is 222 g/mol. The summed E-state index contributed by atoms with van der Waals surface area (Å²) in [4.78, 5) is 10.7. The fraction of sp³-hybridized carbons (Fsp3) is 0.571. The Kier molecular flexibility index (Phi) is 6.68. The van der Waals surface area contributed by atoms with Crippen molar-refractivity contribution in [3.05, 3.63) is 11.8 Å². The van der Waals surface area contributed by atoms with E-state index < -0.39 is 12.9 Å².